The van der Waals surface area contributed by atoms with Gasteiger partial charge in [0.05, 0.1) is 29.6 Å². The molecular formula is C21H16FN3O2S. The summed E-state index contributed by atoms with van der Waals surface area (Å²) in [6.45, 7) is 0.354. The van der Waals surface area contributed by atoms with Gasteiger partial charge >= 0.3 is 0 Å². The van der Waals surface area contributed by atoms with Crippen LogP contribution in [-0.2, 0) is 13.1 Å². The summed E-state index contributed by atoms with van der Waals surface area (Å²) < 4.78 is 14.2. The van der Waals surface area contributed by atoms with E-state index >= 15 is 0 Å². The lowest BCUT2D eigenvalue weighted by Crippen LogP contribution is -2.32. The van der Waals surface area contributed by atoms with Gasteiger partial charge in [0, 0.05) is 4.88 Å². The maximum absolute atomic E-state index is 14.2. The van der Waals surface area contributed by atoms with E-state index in [0.717, 1.165) is 4.88 Å². The molecule has 4 rings (SSSR count). The number of hydrogen-bond acceptors (Lipinski definition) is 4. The number of nitrogens with zero attached hydrogens (tertiary/aromatic N) is 2. The zero-order valence-corrected chi connectivity index (χ0v) is 15.6. The quantitative estimate of drug-likeness (QED) is 0.558. The highest BCUT2D eigenvalue weighted by molar-refractivity contribution is 7.09. The molecule has 2 aromatic carbocycles. The number of amides is 1. The van der Waals surface area contributed by atoms with Crippen molar-refractivity contribution in [1.29, 1.82) is 0 Å². The first-order valence-corrected chi connectivity index (χ1v) is 9.54. The molecular weight excluding hydrogens is 377 g/mol. The van der Waals surface area contributed by atoms with Crippen LogP contribution in [0.25, 0.3) is 10.9 Å². The van der Waals surface area contributed by atoms with E-state index < -0.39 is 11.7 Å². The Bertz CT molecular complexity index is 1190. The van der Waals surface area contributed by atoms with Crippen LogP contribution < -0.4 is 5.56 Å². The van der Waals surface area contributed by atoms with Crippen LogP contribution in [0.4, 0.5) is 4.39 Å². The number of benzene rings is 2. The van der Waals surface area contributed by atoms with E-state index in [0.29, 0.717) is 23.3 Å². The molecule has 0 bridgehead atoms. The third-order valence-corrected chi connectivity index (χ3v) is 5.18. The minimum Gasteiger partial charge on any atom is -0.326 e. The third kappa shape index (κ3) is 3.70. The molecule has 0 saturated carbocycles. The average Bonchev–Trinajstić information content (AvgIpc) is 3.21. The molecule has 0 spiro atoms. The molecule has 2 heterocycles. The Balaban J connectivity index is 1.71. The number of H-pyrrole nitrogens is 1. The summed E-state index contributed by atoms with van der Waals surface area (Å²) in [5, 5.41) is 2.40. The highest BCUT2D eigenvalue weighted by atomic mass is 32.1. The Morgan fingerprint density at radius 3 is 2.61 bits per heavy atom. The summed E-state index contributed by atoms with van der Waals surface area (Å²) >= 11 is 1.50. The van der Waals surface area contributed by atoms with Crippen molar-refractivity contribution in [2.75, 3.05) is 0 Å². The molecule has 0 atom stereocenters. The summed E-state index contributed by atoms with van der Waals surface area (Å²) in [6, 6.07) is 16.7. The van der Waals surface area contributed by atoms with E-state index in [1.807, 2.05) is 17.5 Å². The van der Waals surface area contributed by atoms with Crippen LogP contribution in [-0.4, -0.2) is 20.8 Å². The van der Waals surface area contributed by atoms with Gasteiger partial charge in [0.1, 0.15) is 11.6 Å². The van der Waals surface area contributed by atoms with Crippen molar-refractivity contribution in [3.05, 3.63) is 98.5 Å². The zero-order chi connectivity index (χ0) is 19.5. The Kier molecular flexibility index (Phi) is 4.99. The van der Waals surface area contributed by atoms with E-state index in [9.17, 15) is 14.0 Å². The summed E-state index contributed by atoms with van der Waals surface area (Å²) in [7, 11) is 0. The molecule has 0 fully saturated rings. The average molecular weight is 393 g/mol. The van der Waals surface area contributed by atoms with Gasteiger partial charge in [0.15, 0.2) is 0 Å². The van der Waals surface area contributed by atoms with Gasteiger partial charge in [-0.05, 0) is 35.7 Å². The lowest BCUT2D eigenvalue weighted by molar-refractivity contribution is 0.0722. The SMILES string of the molecule is O=C(c1ccccc1F)N(Cc1nc2ccccc2c(=O)[nH]1)Cc1cccs1. The predicted octanol–water partition coefficient (Wildman–Crippen LogP) is 3.97. The van der Waals surface area contributed by atoms with Crippen LogP contribution >= 0.6 is 11.3 Å². The Hall–Kier alpha value is -3.32. The van der Waals surface area contributed by atoms with Gasteiger partial charge in [0.2, 0.25) is 0 Å². The van der Waals surface area contributed by atoms with Crippen LogP contribution in [0.3, 0.4) is 0 Å². The highest BCUT2D eigenvalue weighted by Gasteiger charge is 2.21. The number of aromatic nitrogens is 2. The second kappa shape index (κ2) is 7.74. The molecule has 0 saturated heterocycles. The van der Waals surface area contributed by atoms with E-state index in [-0.39, 0.29) is 17.7 Å². The van der Waals surface area contributed by atoms with Gasteiger partial charge in [-0.15, -0.1) is 11.3 Å². The minimum atomic E-state index is -0.580. The number of halogens is 1. The van der Waals surface area contributed by atoms with Crippen LogP contribution in [0.15, 0.2) is 70.8 Å². The minimum absolute atomic E-state index is 0.0119. The summed E-state index contributed by atoms with van der Waals surface area (Å²) in [5.74, 6) is -0.684. The van der Waals surface area contributed by atoms with Crippen molar-refractivity contribution in [1.82, 2.24) is 14.9 Å². The second-order valence-corrected chi connectivity index (χ2v) is 7.28. The highest BCUT2D eigenvalue weighted by Crippen LogP contribution is 2.18. The Labute approximate surface area is 164 Å². The van der Waals surface area contributed by atoms with E-state index in [1.54, 1.807) is 30.3 Å². The Morgan fingerprint density at radius 1 is 1.04 bits per heavy atom. The van der Waals surface area contributed by atoms with Crippen molar-refractivity contribution >= 4 is 28.1 Å². The van der Waals surface area contributed by atoms with E-state index in [2.05, 4.69) is 9.97 Å². The number of aromatic amines is 1. The van der Waals surface area contributed by atoms with E-state index in [1.165, 1.54) is 34.4 Å². The number of hydrogen-bond donors (Lipinski definition) is 1. The molecule has 1 N–H and O–H groups in total. The number of rotatable bonds is 5. The second-order valence-electron chi connectivity index (χ2n) is 6.25. The van der Waals surface area contributed by atoms with Crippen LogP contribution in [0.1, 0.15) is 21.1 Å². The lowest BCUT2D eigenvalue weighted by atomic mass is 10.1. The summed E-state index contributed by atoms with van der Waals surface area (Å²) in [5.41, 5.74) is 0.271. The topological polar surface area (TPSA) is 66.1 Å². The van der Waals surface area contributed by atoms with Gasteiger partial charge in [-0.1, -0.05) is 30.3 Å². The predicted molar refractivity (Wildman–Crippen MR) is 107 cm³/mol. The van der Waals surface area contributed by atoms with Crippen molar-refractivity contribution in [2.24, 2.45) is 0 Å². The molecule has 28 heavy (non-hydrogen) atoms. The maximum atomic E-state index is 14.2. The van der Waals surface area contributed by atoms with Crippen molar-refractivity contribution in [2.45, 2.75) is 13.1 Å². The molecule has 140 valence electrons. The lowest BCUT2D eigenvalue weighted by Gasteiger charge is -2.22. The number of nitrogens with one attached hydrogen (secondary N) is 1. The molecule has 7 heteroatoms. The molecule has 0 unspecified atom stereocenters. The molecule has 0 aliphatic rings. The smallest absolute Gasteiger partial charge is 0.258 e. The van der Waals surface area contributed by atoms with Crippen LogP contribution in [0.2, 0.25) is 0 Å². The standard InChI is InChI=1S/C21H16FN3O2S/c22-17-9-3-1-7-15(17)21(27)25(12-14-6-5-11-28-14)13-19-23-18-10-4-2-8-16(18)20(26)24-19/h1-11H,12-13H2,(H,23,24,26). The fourth-order valence-corrected chi connectivity index (χ4v) is 3.71. The van der Waals surface area contributed by atoms with Crippen molar-refractivity contribution < 1.29 is 9.18 Å². The Morgan fingerprint density at radius 2 is 1.82 bits per heavy atom. The molecule has 2 aromatic heterocycles. The van der Waals surface area contributed by atoms with Gasteiger partial charge < -0.3 is 9.88 Å². The van der Waals surface area contributed by atoms with Crippen LogP contribution in [0, 0.1) is 5.82 Å². The molecule has 0 radical (unpaired) electrons. The molecule has 0 aliphatic carbocycles. The monoisotopic (exact) mass is 393 g/mol. The number of carbonyl (C=O) groups is 1. The van der Waals surface area contributed by atoms with Gasteiger partial charge in [-0.25, -0.2) is 9.37 Å². The number of carbonyl (C=O) groups excluding carboxylic acids is 1. The first kappa shape index (κ1) is 18.1. The number of fused-ring (bicyclic) bond motifs is 1. The van der Waals surface area contributed by atoms with Crippen molar-refractivity contribution in [3.63, 3.8) is 0 Å². The zero-order valence-electron chi connectivity index (χ0n) is 14.8. The van der Waals surface area contributed by atoms with Gasteiger partial charge in [-0.2, -0.15) is 0 Å². The maximum Gasteiger partial charge on any atom is 0.258 e. The summed E-state index contributed by atoms with van der Waals surface area (Å²) in [4.78, 5) is 35.0. The summed E-state index contributed by atoms with van der Waals surface area (Å²) in [6.07, 6.45) is 0. The fraction of sp³-hybridized carbons (Fsp3) is 0.0952. The largest absolute Gasteiger partial charge is 0.326 e. The first-order chi connectivity index (χ1) is 13.6. The third-order valence-electron chi connectivity index (χ3n) is 4.32. The molecule has 0 aliphatic heterocycles. The normalized spacial score (nSPS) is 10.9. The number of para-hydroxylation sites is 1. The molecule has 4 aromatic rings. The molecule has 5 nitrogen and oxygen atoms in total. The molecule has 1 amide bonds. The fourth-order valence-electron chi connectivity index (χ4n) is 2.99. The van der Waals surface area contributed by atoms with Crippen molar-refractivity contribution in [3.8, 4) is 0 Å². The van der Waals surface area contributed by atoms with Gasteiger partial charge in [0.25, 0.3) is 11.5 Å². The van der Waals surface area contributed by atoms with Gasteiger partial charge in [-0.3, -0.25) is 9.59 Å². The van der Waals surface area contributed by atoms with E-state index in [4.69, 9.17) is 0 Å². The number of thiophene rings is 1. The van der Waals surface area contributed by atoms with Crippen LogP contribution in [0.5, 0.6) is 0 Å². The first-order valence-electron chi connectivity index (χ1n) is 8.66.